The number of halogens is 1. The lowest BCUT2D eigenvalue weighted by molar-refractivity contribution is -0.118. The molecule has 15 heavy (non-hydrogen) atoms. The molecule has 0 radical (unpaired) electrons. The SMILES string of the molecule is O=C(CCl)CC1COc2ccccc2O1. The summed E-state index contributed by atoms with van der Waals surface area (Å²) in [4.78, 5) is 11.1. The molecule has 0 N–H and O–H groups in total. The largest absolute Gasteiger partial charge is 0.486 e. The Hall–Kier alpha value is -1.22. The number of para-hydroxylation sites is 2. The normalized spacial score (nSPS) is 18.6. The zero-order valence-corrected chi connectivity index (χ0v) is 8.87. The van der Waals surface area contributed by atoms with Gasteiger partial charge in [0.15, 0.2) is 17.3 Å². The van der Waals surface area contributed by atoms with Crippen LogP contribution in [0.3, 0.4) is 0 Å². The predicted octanol–water partition coefficient (Wildman–Crippen LogP) is 2.02. The summed E-state index contributed by atoms with van der Waals surface area (Å²) < 4.78 is 11.1. The first kappa shape index (κ1) is 10.3. The van der Waals surface area contributed by atoms with Crippen LogP contribution < -0.4 is 9.47 Å². The average Bonchev–Trinajstić information content (AvgIpc) is 2.29. The van der Waals surface area contributed by atoms with Gasteiger partial charge in [-0.2, -0.15) is 0 Å². The molecule has 2 rings (SSSR count). The van der Waals surface area contributed by atoms with E-state index in [1.165, 1.54) is 0 Å². The zero-order chi connectivity index (χ0) is 10.7. The smallest absolute Gasteiger partial charge is 0.161 e. The number of ether oxygens (including phenoxy) is 2. The lowest BCUT2D eigenvalue weighted by Crippen LogP contribution is -2.31. The first-order chi connectivity index (χ1) is 7.29. The Morgan fingerprint density at radius 1 is 1.40 bits per heavy atom. The van der Waals surface area contributed by atoms with E-state index in [-0.39, 0.29) is 17.8 Å². The fourth-order valence-electron chi connectivity index (χ4n) is 1.47. The van der Waals surface area contributed by atoms with E-state index in [2.05, 4.69) is 0 Å². The van der Waals surface area contributed by atoms with E-state index in [9.17, 15) is 4.79 Å². The number of carbonyl (C=O) groups excluding carboxylic acids is 1. The van der Waals surface area contributed by atoms with Crippen LogP contribution in [0.1, 0.15) is 6.42 Å². The molecule has 1 aliphatic heterocycles. The van der Waals surface area contributed by atoms with Gasteiger partial charge in [-0.1, -0.05) is 12.1 Å². The molecule has 3 nitrogen and oxygen atoms in total. The molecule has 0 aliphatic carbocycles. The number of benzene rings is 1. The van der Waals surface area contributed by atoms with Gasteiger partial charge in [-0.15, -0.1) is 11.6 Å². The molecule has 0 spiro atoms. The molecule has 1 aromatic rings. The number of fused-ring (bicyclic) bond motifs is 1. The van der Waals surface area contributed by atoms with Crippen molar-refractivity contribution >= 4 is 17.4 Å². The van der Waals surface area contributed by atoms with E-state index < -0.39 is 0 Å². The Labute approximate surface area is 92.9 Å². The highest BCUT2D eigenvalue weighted by Gasteiger charge is 2.22. The van der Waals surface area contributed by atoms with Crippen LogP contribution in [-0.4, -0.2) is 24.4 Å². The molecular weight excluding hydrogens is 216 g/mol. The summed E-state index contributed by atoms with van der Waals surface area (Å²) in [7, 11) is 0. The number of carbonyl (C=O) groups is 1. The fraction of sp³-hybridized carbons (Fsp3) is 0.364. The van der Waals surface area contributed by atoms with Crippen LogP contribution in [0, 0.1) is 0 Å². The number of rotatable bonds is 3. The first-order valence-corrected chi connectivity index (χ1v) is 5.29. The summed E-state index contributed by atoms with van der Waals surface area (Å²) in [6.07, 6.45) is 0.0869. The summed E-state index contributed by atoms with van der Waals surface area (Å²) >= 11 is 5.43. The van der Waals surface area contributed by atoms with Crippen molar-refractivity contribution < 1.29 is 14.3 Å². The molecule has 0 aromatic heterocycles. The maximum absolute atomic E-state index is 11.1. The Balaban J connectivity index is 2.02. The maximum atomic E-state index is 11.1. The van der Waals surface area contributed by atoms with E-state index in [4.69, 9.17) is 21.1 Å². The van der Waals surface area contributed by atoms with Gasteiger partial charge < -0.3 is 9.47 Å². The van der Waals surface area contributed by atoms with Crippen molar-refractivity contribution in [2.45, 2.75) is 12.5 Å². The Bertz CT molecular complexity index is 365. The van der Waals surface area contributed by atoms with Crippen molar-refractivity contribution in [3.8, 4) is 11.5 Å². The second kappa shape index (κ2) is 4.53. The van der Waals surface area contributed by atoms with Crippen LogP contribution >= 0.6 is 11.6 Å². The maximum Gasteiger partial charge on any atom is 0.161 e. The standard InChI is InChI=1S/C11H11ClO3/c12-6-8(13)5-9-7-14-10-3-1-2-4-11(10)15-9/h1-4,9H,5-7H2. The molecule has 1 unspecified atom stereocenters. The third-order valence-corrected chi connectivity index (χ3v) is 2.47. The number of Topliss-reactive ketones (excluding diaryl/α,β-unsaturated/α-hetero) is 1. The molecule has 0 fully saturated rings. The molecule has 1 aliphatic rings. The van der Waals surface area contributed by atoms with Gasteiger partial charge in [-0.25, -0.2) is 0 Å². The zero-order valence-electron chi connectivity index (χ0n) is 8.11. The molecular formula is C11H11ClO3. The van der Waals surface area contributed by atoms with E-state index in [0.717, 1.165) is 5.75 Å². The summed E-state index contributed by atoms with van der Waals surface area (Å²) in [5.74, 6) is 1.43. The van der Waals surface area contributed by atoms with Gasteiger partial charge in [-0.05, 0) is 12.1 Å². The van der Waals surface area contributed by atoms with Crippen LogP contribution in [0.5, 0.6) is 11.5 Å². The lowest BCUT2D eigenvalue weighted by Gasteiger charge is -2.25. The molecule has 4 heteroatoms. The van der Waals surface area contributed by atoms with Crippen LogP contribution in [0.4, 0.5) is 0 Å². The second-order valence-corrected chi connectivity index (χ2v) is 3.64. The van der Waals surface area contributed by atoms with Crippen LogP contribution in [-0.2, 0) is 4.79 Å². The average molecular weight is 227 g/mol. The van der Waals surface area contributed by atoms with Crippen molar-refractivity contribution in [1.82, 2.24) is 0 Å². The minimum absolute atomic E-state index is 0.0235. The fourth-order valence-corrected chi connectivity index (χ4v) is 1.58. The minimum Gasteiger partial charge on any atom is -0.486 e. The topological polar surface area (TPSA) is 35.5 Å². The predicted molar refractivity (Wildman–Crippen MR) is 56.7 cm³/mol. The quantitative estimate of drug-likeness (QED) is 0.740. The highest BCUT2D eigenvalue weighted by Crippen LogP contribution is 2.31. The molecule has 0 amide bonds. The minimum atomic E-state index is -0.217. The van der Waals surface area contributed by atoms with Crippen molar-refractivity contribution in [3.63, 3.8) is 0 Å². The summed E-state index contributed by atoms with van der Waals surface area (Å²) in [5.41, 5.74) is 0. The van der Waals surface area contributed by atoms with Gasteiger partial charge in [0.2, 0.25) is 0 Å². The molecule has 80 valence electrons. The van der Waals surface area contributed by atoms with Crippen molar-refractivity contribution in [2.75, 3.05) is 12.5 Å². The third kappa shape index (κ3) is 2.42. The highest BCUT2D eigenvalue weighted by molar-refractivity contribution is 6.27. The van der Waals surface area contributed by atoms with Crippen molar-refractivity contribution in [2.24, 2.45) is 0 Å². The molecule has 0 saturated carbocycles. The van der Waals surface area contributed by atoms with Gasteiger partial charge in [0, 0.05) is 6.42 Å². The number of hydrogen-bond donors (Lipinski definition) is 0. The monoisotopic (exact) mass is 226 g/mol. The van der Waals surface area contributed by atoms with Crippen LogP contribution in [0.15, 0.2) is 24.3 Å². The molecule has 0 bridgehead atoms. The van der Waals surface area contributed by atoms with Gasteiger partial charge in [0.1, 0.15) is 12.7 Å². The number of alkyl halides is 1. The van der Waals surface area contributed by atoms with E-state index >= 15 is 0 Å². The summed E-state index contributed by atoms with van der Waals surface area (Å²) in [6, 6.07) is 7.42. The Morgan fingerprint density at radius 2 is 2.13 bits per heavy atom. The van der Waals surface area contributed by atoms with Gasteiger partial charge in [-0.3, -0.25) is 4.79 Å². The van der Waals surface area contributed by atoms with Crippen LogP contribution in [0.2, 0.25) is 0 Å². The summed E-state index contributed by atoms with van der Waals surface area (Å²) in [5, 5.41) is 0. The van der Waals surface area contributed by atoms with Crippen molar-refractivity contribution in [3.05, 3.63) is 24.3 Å². The van der Waals surface area contributed by atoms with E-state index in [1.54, 1.807) is 0 Å². The van der Waals surface area contributed by atoms with Crippen LogP contribution in [0.25, 0.3) is 0 Å². The number of ketones is 1. The van der Waals surface area contributed by atoms with Gasteiger partial charge >= 0.3 is 0 Å². The van der Waals surface area contributed by atoms with E-state index in [1.807, 2.05) is 24.3 Å². The molecule has 1 heterocycles. The van der Waals surface area contributed by atoms with Crippen molar-refractivity contribution in [1.29, 1.82) is 0 Å². The molecule has 1 atom stereocenters. The van der Waals surface area contributed by atoms with Gasteiger partial charge in [0.25, 0.3) is 0 Å². The highest BCUT2D eigenvalue weighted by atomic mass is 35.5. The third-order valence-electron chi connectivity index (χ3n) is 2.17. The summed E-state index contributed by atoms with van der Waals surface area (Å²) in [6.45, 7) is 0.402. The Morgan fingerprint density at radius 3 is 2.87 bits per heavy atom. The van der Waals surface area contributed by atoms with E-state index in [0.29, 0.717) is 18.8 Å². The lowest BCUT2D eigenvalue weighted by atomic mass is 10.2. The molecule has 1 aromatic carbocycles. The number of hydrogen-bond acceptors (Lipinski definition) is 3. The Kier molecular flexibility index (Phi) is 3.11. The van der Waals surface area contributed by atoms with Gasteiger partial charge in [0.05, 0.1) is 5.88 Å². The second-order valence-electron chi connectivity index (χ2n) is 3.37. The first-order valence-electron chi connectivity index (χ1n) is 4.75. The molecule has 0 saturated heterocycles.